The maximum atomic E-state index is 12.1. The van der Waals surface area contributed by atoms with Crippen molar-refractivity contribution in [2.75, 3.05) is 12.2 Å². The number of fused-ring (bicyclic) bond motifs is 1. The van der Waals surface area contributed by atoms with Crippen molar-refractivity contribution < 1.29 is 14.3 Å². The summed E-state index contributed by atoms with van der Waals surface area (Å²) in [5, 5.41) is 2.81. The number of hydrogen-bond acceptors (Lipinski definition) is 6. The zero-order chi connectivity index (χ0) is 14.7. The lowest BCUT2D eigenvalue weighted by molar-refractivity contribution is 0.0951. The molecule has 4 N–H and O–H groups in total. The Morgan fingerprint density at radius 1 is 1.29 bits per heavy atom. The molecular weight excluding hydrogens is 272 g/mol. The standard InChI is InChI=1S/C14H14N4O3/c15-18-11-3-4-16-7-10(11)14(19)17-6-9-1-2-12-13(5-9)21-8-20-12/h1-5,7H,6,8,15H2,(H,16,18)(H,17,19). The Kier molecular flexibility index (Phi) is 3.57. The van der Waals surface area contributed by atoms with E-state index in [2.05, 4.69) is 15.7 Å². The first-order chi connectivity index (χ1) is 10.3. The van der Waals surface area contributed by atoms with Crippen LogP contribution in [0.5, 0.6) is 11.5 Å². The van der Waals surface area contributed by atoms with E-state index in [0.717, 1.165) is 5.56 Å². The van der Waals surface area contributed by atoms with E-state index in [1.807, 2.05) is 18.2 Å². The third kappa shape index (κ3) is 2.72. The number of rotatable bonds is 4. The number of pyridine rings is 1. The maximum absolute atomic E-state index is 12.1. The number of anilines is 1. The summed E-state index contributed by atoms with van der Waals surface area (Å²) in [6, 6.07) is 7.17. The Bertz CT molecular complexity index is 675. The van der Waals surface area contributed by atoms with E-state index in [-0.39, 0.29) is 12.7 Å². The second kappa shape index (κ2) is 5.68. The number of nitrogens with zero attached hydrogens (tertiary/aromatic N) is 1. The van der Waals surface area contributed by atoms with Crippen LogP contribution in [0.2, 0.25) is 0 Å². The molecule has 0 radical (unpaired) electrons. The quantitative estimate of drug-likeness (QED) is 0.573. The number of hydrazine groups is 1. The smallest absolute Gasteiger partial charge is 0.255 e. The molecule has 1 aliphatic rings. The molecule has 2 heterocycles. The van der Waals surface area contributed by atoms with E-state index >= 15 is 0 Å². The summed E-state index contributed by atoms with van der Waals surface area (Å²) in [5.41, 5.74) is 4.30. The highest BCUT2D eigenvalue weighted by Crippen LogP contribution is 2.32. The molecule has 0 atom stereocenters. The Hall–Kier alpha value is -2.80. The highest BCUT2D eigenvalue weighted by Gasteiger charge is 2.14. The van der Waals surface area contributed by atoms with Gasteiger partial charge in [-0.1, -0.05) is 6.07 Å². The number of amides is 1. The predicted molar refractivity (Wildman–Crippen MR) is 75.8 cm³/mol. The van der Waals surface area contributed by atoms with Gasteiger partial charge in [-0.2, -0.15) is 0 Å². The van der Waals surface area contributed by atoms with Crippen LogP contribution in [-0.2, 0) is 6.54 Å². The van der Waals surface area contributed by atoms with Crippen molar-refractivity contribution in [2.45, 2.75) is 6.54 Å². The average molecular weight is 286 g/mol. The normalized spacial score (nSPS) is 12.0. The van der Waals surface area contributed by atoms with Crippen molar-refractivity contribution in [1.29, 1.82) is 0 Å². The Morgan fingerprint density at radius 3 is 3.00 bits per heavy atom. The minimum absolute atomic E-state index is 0.229. The molecule has 0 fully saturated rings. The van der Waals surface area contributed by atoms with E-state index in [1.165, 1.54) is 6.20 Å². The highest BCUT2D eigenvalue weighted by atomic mass is 16.7. The van der Waals surface area contributed by atoms with Crippen LogP contribution in [0.25, 0.3) is 0 Å². The minimum atomic E-state index is -0.256. The zero-order valence-electron chi connectivity index (χ0n) is 11.1. The molecule has 1 aromatic heterocycles. The number of nitrogens with one attached hydrogen (secondary N) is 2. The molecule has 1 amide bonds. The minimum Gasteiger partial charge on any atom is -0.454 e. The molecule has 1 aliphatic heterocycles. The summed E-state index contributed by atoms with van der Waals surface area (Å²) >= 11 is 0. The molecule has 7 nitrogen and oxygen atoms in total. The molecule has 108 valence electrons. The lowest BCUT2D eigenvalue weighted by Gasteiger charge is -2.09. The Morgan fingerprint density at radius 2 is 2.14 bits per heavy atom. The predicted octanol–water partition coefficient (Wildman–Crippen LogP) is 1.03. The van der Waals surface area contributed by atoms with Crippen molar-refractivity contribution in [3.8, 4) is 11.5 Å². The van der Waals surface area contributed by atoms with Crippen LogP contribution in [0.3, 0.4) is 0 Å². The summed E-state index contributed by atoms with van der Waals surface area (Å²) in [6.07, 6.45) is 3.02. The highest BCUT2D eigenvalue weighted by molar-refractivity contribution is 5.99. The molecule has 0 bridgehead atoms. The SMILES string of the molecule is NNc1ccncc1C(=O)NCc1ccc2c(c1)OCO2. The molecule has 7 heteroatoms. The van der Waals surface area contributed by atoms with Gasteiger partial charge in [0.15, 0.2) is 11.5 Å². The molecule has 0 spiro atoms. The second-order valence-corrected chi connectivity index (χ2v) is 4.44. The zero-order valence-corrected chi connectivity index (χ0v) is 11.1. The van der Waals surface area contributed by atoms with Crippen molar-refractivity contribution in [3.63, 3.8) is 0 Å². The number of hydrogen-bond donors (Lipinski definition) is 3. The first-order valence-corrected chi connectivity index (χ1v) is 6.35. The summed E-state index contributed by atoms with van der Waals surface area (Å²) in [7, 11) is 0. The fourth-order valence-electron chi connectivity index (χ4n) is 2.03. The molecule has 21 heavy (non-hydrogen) atoms. The molecular formula is C14H14N4O3. The second-order valence-electron chi connectivity index (χ2n) is 4.44. The van der Waals surface area contributed by atoms with Crippen molar-refractivity contribution in [3.05, 3.63) is 47.8 Å². The summed E-state index contributed by atoms with van der Waals surface area (Å²) in [5.74, 6) is 6.52. The molecule has 0 saturated carbocycles. The van der Waals surface area contributed by atoms with E-state index in [9.17, 15) is 4.79 Å². The Labute approximate surface area is 121 Å². The molecule has 1 aromatic carbocycles. The van der Waals surface area contributed by atoms with E-state index in [0.29, 0.717) is 29.3 Å². The van der Waals surface area contributed by atoms with Gasteiger partial charge in [0.05, 0.1) is 11.3 Å². The van der Waals surface area contributed by atoms with Crippen molar-refractivity contribution in [1.82, 2.24) is 10.3 Å². The lowest BCUT2D eigenvalue weighted by atomic mass is 10.2. The molecule has 0 saturated heterocycles. The van der Waals surface area contributed by atoms with Crippen molar-refractivity contribution in [2.24, 2.45) is 5.84 Å². The van der Waals surface area contributed by atoms with Crippen LogP contribution >= 0.6 is 0 Å². The van der Waals surface area contributed by atoms with Crippen LogP contribution in [0, 0.1) is 0 Å². The largest absolute Gasteiger partial charge is 0.454 e. The molecule has 0 unspecified atom stereocenters. The molecule has 3 rings (SSSR count). The van der Waals surface area contributed by atoms with Gasteiger partial charge in [-0.05, 0) is 23.8 Å². The van der Waals surface area contributed by atoms with Gasteiger partial charge < -0.3 is 20.2 Å². The number of benzene rings is 1. The lowest BCUT2D eigenvalue weighted by Crippen LogP contribution is -2.25. The van der Waals surface area contributed by atoms with Gasteiger partial charge in [-0.15, -0.1) is 0 Å². The number of nitrogen functional groups attached to an aromatic ring is 1. The van der Waals surface area contributed by atoms with Gasteiger partial charge >= 0.3 is 0 Å². The van der Waals surface area contributed by atoms with Gasteiger partial charge in [-0.25, -0.2) is 0 Å². The first-order valence-electron chi connectivity index (χ1n) is 6.35. The maximum Gasteiger partial charge on any atom is 0.255 e. The number of nitrogens with two attached hydrogens (primary N) is 1. The topological polar surface area (TPSA) is 98.5 Å². The third-order valence-corrected chi connectivity index (χ3v) is 3.11. The number of carbonyl (C=O) groups is 1. The summed E-state index contributed by atoms with van der Waals surface area (Å²) < 4.78 is 10.5. The van der Waals surface area contributed by atoms with E-state index in [1.54, 1.807) is 12.3 Å². The molecule has 0 aliphatic carbocycles. The van der Waals surface area contributed by atoms with Gasteiger partial charge in [0.2, 0.25) is 6.79 Å². The fraction of sp³-hybridized carbons (Fsp3) is 0.143. The van der Waals surface area contributed by atoms with E-state index in [4.69, 9.17) is 15.3 Å². The summed E-state index contributed by atoms with van der Waals surface area (Å²) in [6.45, 7) is 0.598. The number of carbonyl (C=O) groups excluding carboxylic acids is 1. The van der Waals surface area contributed by atoms with Crippen LogP contribution in [0.4, 0.5) is 5.69 Å². The average Bonchev–Trinajstić information content (AvgIpc) is 3.00. The number of aromatic nitrogens is 1. The van der Waals surface area contributed by atoms with E-state index < -0.39 is 0 Å². The number of ether oxygens (including phenoxy) is 2. The Balaban J connectivity index is 1.68. The summed E-state index contributed by atoms with van der Waals surface area (Å²) in [4.78, 5) is 16.1. The first kappa shape index (κ1) is 13.2. The van der Waals surface area contributed by atoms with Crippen molar-refractivity contribution >= 4 is 11.6 Å². The fourth-order valence-corrected chi connectivity index (χ4v) is 2.03. The van der Waals surface area contributed by atoms with Crippen LogP contribution in [0.1, 0.15) is 15.9 Å². The van der Waals surface area contributed by atoms with Gasteiger partial charge in [0.25, 0.3) is 5.91 Å². The van der Waals surface area contributed by atoms with Crippen LogP contribution in [0.15, 0.2) is 36.7 Å². The van der Waals surface area contributed by atoms with Gasteiger partial charge in [-0.3, -0.25) is 15.6 Å². The van der Waals surface area contributed by atoms with Crippen LogP contribution in [-0.4, -0.2) is 17.7 Å². The molecule has 2 aromatic rings. The monoisotopic (exact) mass is 286 g/mol. The van der Waals surface area contributed by atoms with Gasteiger partial charge in [0, 0.05) is 18.9 Å². The van der Waals surface area contributed by atoms with Gasteiger partial charge in [0.1, 0.15) is 0 Å². The van der Waals surface area contributed by atoms with Crippen LogP contribution < -0.4 is 26.1 Å². The third-order valence-electron chi connectivity index (χ3n) is 3.11.